The molecule has 0 aliphatic rings. The van der Waals surface area contributed by atoms with Crippen LogP contribution in [-0.4, -0.2) is 24.4 Å². The lowest BCUT2D eigenvalue weighted by Crippen LogP contribution is -2.13. The lowest BCUT2D eigenvalue weighted by molar-refractivity contribution is 0.133. The molecule has 0 bridgehead atoms. The minimum absolute atomic E-state index is 0.362. The van der Waals surface area contributed by atoms with E-state index in [0.717, 1.165) is 17.4 Å². The van der Waals surface area contributed by atoms with Gasteiger partial charge in [0, 0.05) is 17.5 Å². The molecule has 0 saturated heterocycles. The summed E-state index contributed by atoms with van der Waals surface area (Å²) >= 11 is 0. The first-order valence-electron chi connectivity index (χ1n) is 8.09. The van der Waals surface area contributed by atoms with Gasteiger partial charge >= 0.3 is 5.63 Å². The summed E-state index contributed by atoms with van der Waals surface area (Å²) in [6, 6.07) is 6.49. The van der Waals surface area contributed by atoms with Crippen molar-refractivity contribution in [2.24, 2.45) is 0 Å². The third kappa shape index (κ3) is 5.80. The monoisotopic (exact) mass is 344 g/mol. The number of hydrogen-bond donors (Lipinski definition) is 1. The van der Waals surface area contributed by atoms with Crippen LogP contribution >= 0.6 is 0 Å². The number of fused-ring (bicyclic) bond motifs is 1. The first-order valence-corrected chi connectivity index (χ1v) is 8.09. The van der Waals surface area contributed by atoms with E-state index in [-0.39, 0.29) is 0 Å². The molecule has 2 rings (SSSR count). The highest BCUT2D eigenvalue weighted by Gasteiger charge is 2.09. The molecule has 0 atom stereocenters. The minimum Gasteiger partial charge on any atom is -0.493 e. The summed E-state index contributed by atoms with van der Waals surface area (Å²) < 4.78 is 16.3. The maximum Gasteiger partial charge on any atom is 0.336 e. The maximum atomic E-state index is 11.4. The van der Waals surface area contributed by atoms with E-state index in [1.807, 2.05) is 19.1 Å². The summed E-state index contributed by atoms with van der Waals surface area (Å²) in [5.41, 5.74) is 0.362. The molecular formula is C20H24O5. The number of rotatable bonds is 7. The van der Waals surface area contributed by atoms with E-state index in [4.69, 9.17) is 13.9 Å². The van der Waals surface area contributed by atoms with Crippen molar-refractivity contribution in [1.29, 1.82) is 0 Å². The quantitative estimate of drug-likeness (QED) is 0.610. The Bertz CT molecular complexity index is 837. The Hall–Kier alpha value is -2.53. The SMILES string of the molecule is COc1cc2ccc(=O)oc2cc1OCC=C(C)CC=CC(C)(C)O. The molecule has 0 spiro atoms. The van der Waals surface area contributed by atoms with Gasteiger partial charge in [-0.25, -0.2) is 4.79 Å². The normalized spacial score (nSPS) is 12.8. The fourth-order valence-corrected chi connectivity index (χ4v) is 2.24. The van der Waals surface area contributed by atoms with Crippen LogP contribution in [0, 0.1) is 0 Å². The number of benzene rings is 1. The fraction of sp³-hybridized carbons (Fsp3) is 0.350. The van der Waals surface area contributed by atoms with Crippen molar-refractivity contribution >= 4 is 11.0 Å². The average molecular weight is 344 g/mol. The zero-order valence-electron chi connectivity index (χ0n) is 15.0. The lowest BCUT2D eigenvalue weighted by Gasteiger charge is -2.11. The summed E-state index contributed by atoms with van der Waals surface area (Å²) in [5, 5.41) is 10.4. The van der Waals surface area contributed by atoms with Crippen LogP contribution in [0.15, 0.2) is 57.3 Å². The van der Waals surface area contributed by atoms with Crippen LogP contribution in [0.25, 0.3) is 11.0 Å². The third-order valence-electron chi connectivity index (χ3n) is 3.54. The first kappa shape index (κ1) is 18.8. The molecule has 0 unspecified atom stereocenters. The lowest BCUT2D eigenvalue weighted by atomic mass is 10.1. The number of methoxy groups -OCH3 is 1. The number of ether oxygens (including phenoxy) is 2. The van der Waals surface area contributed by atoms with Gasteiger partial charge in [0.05, 0.1) is 12.7 Å². The van der Waals surface area contributed by atoms with Gasteiger partial charge in [-0.2, -0.15) is 0 Å². The standard InChI is InChI=1S/C20H24O5/c1-14(6-5-10-20(2,3)22)9-11-24-18-13-16-15(12-17(18)23-4)7-8-19(21)25-16/h5,7-10,12-13,22H,6,11H2,1-4H3. The van der Waals surface area contributed by atoms with Crippen molar-refractivity contribution in [3.63, 3.8) is 0 Å². The predicted octanol–water partition coefficient (Wildman–Crippen LogP) is 3.84. The molecule has 25 heavy (non-hydrogen) atoms. The molecule has 0 saturated carbocycles. The molecule has 5 heteroatoms. The number of aliphatic hydroxyl groups is 1. The van der Waals surface area contributed by atoms with Gasteiger partial charge in [-0.15, -0.1) is 0 Å². The number of allylic oxidation sites excluding steroid dienone is 2. The van der Waals surface area contributed by atoms with Crippen LogP contribution < -0.4 is 15.1 Å². The highest BCUT2D eigenvalue weighted by molar-refractivity contribution is 5.80. The van der Waals surface area contributed by atoms with E-state index >= 15 is 0 Å². The second-order valence-corrected chi connectivity index (χ2v) is 6.42. The molecule has 134 valence electrons. The molecule has 0 fully saturated rings. The smallest absolute Gasteiger partial charge is 0.336 e. The Morgan fingerprint density at radius 3 is 2.72 bits per heavy atom. The summed E-state index contributed by atoms with van der Waals surface area (Å²) in [5.74, 6) is 1.09. The van der Waals surface area contributed by atoms with Crippen LogP contribution in [-0.2, 0) is 0 Å². The zero-order valence-corrected chi connectivity index (χ0v) is 15.0. The van der Waals surface area contributed by atoms with Gasteiger partial charge in [-0.3, -0.25) is 0 Å². The fourth-order valence-electron chi connectivity index (χ4n) is 2.24. The summed E-state index contributed by atoms with van der Waals surface area (Å²) in [6.45, 7) is 5.82. The van der Waals surface area contributed by atoms with Gasteiger partial charge in [-0.05, 0) is 45.4 Å². The van der Waals surface area contributed by atoms with Crippen molar-refractivity contribution in [3.05, 3.63) is 58.5 Å². The largest absolute Gasteiger partial charge is 0.493 e. The molecule has 1 heterocycles. The van der Waals surface area contributed by atoms with Gasteiger partial charge in [-0.1, -0.05) is 17.7 Å². The van der Waals surface area contributed by atoms with E-state index < -0.39 is 11.2 Å². The Kier molecular flexibility index (Phi) is 6.04. The van der Waals surface area contributed by atoms with Crippen LogP contribution in [0.3, 0.4) is 0 Å². The Morgan fingerprint density at radius 2 is 2.04 bits per heavy atom. The van der Waals surface area contributed by atoms with Crippen LogP contribution in [0.2, 0.25) is 0 Å². The highest BCUT2D eigenvalue weighted by atomic mass is 16.5. The van der Waals surface area contributed by atoms with Crippen LogP contribution in [0.1, 0.15) is 27.2 Å². The minimum atomic E-state index is -0.806. The zero-order chi connectivity index (χ0) is 18.4. The predicted molar refractivity (Wildman–Crippen MR) is 98.3 cm³/mol. The number of hydrogen-bond acceptors (Lipinski definition) is 5. The van der Waals surface area contributed by atoms with E-state index in [1.165, 1.54) is 6.07 Å². The highest BCUT2D eigenvalue weighted by Crippen LogP contribution is 2.31. The summed E-state index contributed by atoms with van der Waals surface area (Å²) in [7, 11) is 1.57. The Morgan fingerprint density at radius 1 is 1.28 bits per heavy atom. The maximum absolute atomic E-state index is 11.4. The second-order valence-electron chi connectivity index (χ2n) is 6.42. The van der Waals surface area contributed by atoms with E-state index in [0.29, 0.717) is 23.7 Å². The molecule has 0 radical (unpaired) electrons. The van der Waals surface area contributed by atoms with Crippen molar-refractivity contribution in [2.75, 3.05) is 13.7 Å². The third-order valence-corrected chi connectivity index (χ3v) is 3.54. The molecule has 0 aliphatic carbocycles. The van der Waals surface area contributed by atoms with E-state index in [2.05, 4.69) is 0 Å². The molecular weight excluding hydrogens is 320 g/mol. The average Bonchev–Trinajstić information content (AvgIpc) is 2.52. The molecule has 1 aromatic heterocycles. The van der Waals surface area contributed by atoms with Crippen molar-refractivity contribution < 1.29 is 19.0 Å². The van der Waals surface area contributed by atoms with Crippen molar-refractivity contribution in [1.82, 2.24) is 0 Å². The summed E-state index contributed by atoms with van der Waals surface area (Å²) in [6.07, 6.45) is 6.38. The van der Waals surface area contributed by atoms with E-state index in [9.17, 15) is 9.90 Å². The molecule has 5 nitrogen and oxygen atoms in total. The Balaban J connectivity index is 2.08. The van der Waals surface area contributed by atoms with Gasteiger partial charge in [0.15, 0.2) is 11.5 Å². The topological polar surface area (TPSA) is 68.9 Å². The van der Waals surface area contributed by atoms with Gasteiger partial charge < -0.3 is 19.0 Å². The van der Waals surface area contributed by atoms with E-state index in [1.54, 1.807) is 45.2 Å². The van der Waals surface area contributed by atoms with Crippen molar-refractivity contribution in [3.8, 4) is 11.5 Å². The molecule has 0 amide bonds. The van der Waals surface area contributed by atoms with Crippen molar-refractivity contribution in [2.45, 2.75) is 32.8 Å². The molecule has 0 aliphatic heterocycles. The second kappa shape index (κ2) is 8.03. The van der Waals surface area contributed by atoms with Gasteiger partial charge in [0.25, 0.3) is 0 Å². The van der Waals surface area contributed by atoms with Gasteiger partial charge in [0.1, 0.15) is 12.2 Å². The van der Waals surface area contributed by atoms with Crippen LogP contribution in [0.5, 0.6) is 11.5 Å². The van der Waals surface area contributed by atoms with Gasteiger partial charge in [0.2, 0.25) is 0 Å². The molecule has 1 aromatic carbocycles. The Labute approximate surface area is 147 Å². The first-order chi connectivity index (χ1) is 11.8. The molecule has 2 aromatic rings. The summed E-state index contributed by atoms with van der Waals surface area (Å²) in [4.78, 5) is 11.4. The molecule has 1 N–H and O–H groups in total. The van der Waals surface area contributed by atoms with Crippen LogP contribution in [0.4, 0.5) is 0 Å².